The topological polar surface area (TPSA) is 27.3 Å². The van der Waals surface area contributed by atoms with Crippen molar-refractivity contribution in [2.45, 2.75) is 25.6 Å². The van der Waals surface area contributed by atoms with E-state index in [1.807, 2.05) is 0 Å². The van der Waals surface area contributed by atoms with Crippen molar-refractivity contribution >= 4 is 0 Å². The van der Waals surface area contributed by atoms with Crippen LogP contribution in [-0.2, 0) is 0 Å². The highest BCUT2D eigenvalue weighted by Crippen LogP contribution is 2.10. The molecule has 2 aliphatic heterocycles. The first-order valence-electron chi connectivity index (χ1n) is 4.68. The van der Waals surface area contributed by atoms with Gasteiger partial charge in [0, 0.05) is 26.2 Å². The molecule has 64 valence electrons. The van der Waals surface area contributed by atoms with Crippen LogP contribution in [0.25, 0.3) is 0 Å². The Hall–Kier alpha value is -0.120. The molecule has 0 atom stereocenters. The molecule has 0 aromatic rings. The number of likely N-dealkylation sites (tertiary alicyclic amines) is 1. The standard InChI is InChI=1S/C8H17N3/c1-2-6-11(7-3-1)8-9-4-5-10-8/h8-10H,1-7H2. The highest BCUT2D eigenvalue weighted by atomic mass is 15.4. The fourth-order valence-corrected chi connectivity index (χ4v) is 1.92. The molecule has 3 nitrogen and oxygen atoms in total. The maximum Gasteiger partial charge on any atom is 0.114 e. The van der Waals surface area contributed by atoms with E-state index in [4.69, 9.17) is 0 Å². The molecule has 0 aliphatic carbocycles. The largest absolute Gasteiger partial charge is 0.288 e. The lowest BCUT2D eigenvalue weighted by atomic mass is 10.1. The van der Waals surface area contributed by atoms with Crippen LogP contribution in [0, 0.1) is 0 Å². The van der Waals surface area contributed by atoms with Crippen molar-refractivity contribution in [3.8, 4) is 0 Å². The first-order valence-corrected chi connectivity index (χ1v) is 4.68. The van der Waals surface area contributed by atoms with Gasteiger partial charge in [-0.2, -0.15) is 0 Å². The summed E-state index contributed by atoms with van der Waals surface area (Å²) < 4.78 is 0. The van der Waals surface area contributed by atoms with Gasteiger partial charge in [-0.25, -0.2) is 0 Å². The number of hydrogen-bond donors (Lipinski definition) is 2. The van der Waals surface area contributed by atoms with E-state index in [-0.39, 0.29) is 0 Å². The molecular weight excluding hydrogens is 138 g/mol. The van der Waals surface area contributed by atoms with Crippen molar-refractivity contribution < 1.29 is 0 Å². The van der Waals surface area contributed by atoms with Gasteiger partial charge >= 0.3 is 0 Å². The molecule has 0 saturated carbocycles. The van der Waals surface area contributed by atoms with Crippen molar-refractivity contribution in [3.05, 3.63) is 0 Å². The van der Waals surface area contributed by atoms with Gasteiger partial charge in [-0.15, -0.1) is 0 Å². The smallest absolute Gasteiger partial charge is 0.114 e. The predicted octanol–water partition coefficient (Wildman–Crippen LogP) is -0.0513. The SMILES string of the molecule is C1CCN(C2NCCN2)CC1. The molecule has 0 radical (unpaired) electrons. The molecule has 0 spiro atoms. The molecule has 2 heterocycles. The summed E-state index contributed by atoms with van der Waals surface area (Å²) in [6.07, 6.45) is 4.65. The second kappa shape index (κ2) is 3.52. The second-order valence-electron chi connectivity index (χ2n) is 3.41. The Morgan fingerprint density at radius 2 is 1.55 bits per heavy atom. The summed E-state index contributed by atoms with van der Waals surface area (Å²) in [5.41, 5.74) is 0. The van der Waals surface area contributed by atoms with E-state index < -0.39 is 0 Å². The first kappa shape index (κ1) is 7.53. The summed E-state index contributed by atoms with van der Waals surface area (Å²) >= 11 is 0. The number of rotatable bonds is 1. The van der Waals surface area contributed by atoms with Crippen molar-refractivity contribution in [1.82, 2.24) is 15.5 Å². The summed E-state index contributed by atoms with van der Waals surface area (Å²) in [5.74, 6) is 0. The van der Waals surface area contributed by atoms with Gasteiger partial charge in [0.1, 0.15) is 6.29 Å². The van der Waals surface area contributed by atoms with Crippen LogP contribution in [0.3, 0.4) is 0 Å². The van der Waals surface area contributed by atoms with E-state index >= 15 is 0 Å². The lowest BCUT2D eigenvalue weighted by Gasteiger charge is -2.31. The zero-order chi connectivity index (χ0) is 7.52. The van der Waals surface area contributed by atoms with E-state index in [0.717, 1.165) is 13.1 Å². The number of piperidine rings is 1. The Kier molecular flexibility index (Phi) is 2.41. The van der Waals surface area contributed by atoms with Gasteiger partial charge in [0.25, 0.3) is 0 Å². The predicted molar refractivity (Wildman–Crippen MR) is 45.2 cm³/mol. The monoisotopic (exact) mass is 155 g/mol. The summed E-state index contributed by atoms with van der Waals surface area (Å²) in [6, 6.07) is 0. The van der Waals surface area contributed by atoms with Crippen molar-refractivity contribution in [1.29, 1.82) is 0 Å². The molecule has 2 saturated heterocycles. The maximum absolute atomic E-state index is 3.44. The highest BCUT2D eigenvalue weighted by molar-refractivity contribution is 4.76. The number of nitrogens with zero attached hydrogens (tertiary/aromatic N) is 1. The molecule has 0 amide bonds. The third kappa shape index (κ3) is 1.72. The summed E-state index contributed by atoms with van der Waals surface area (Å²) in [6.45, 7) is 4.79. The lowest BCUT2D eigenvalue weighted by molar-refractivity contribution is 0.136. The van der Waals surface area contributed by atoms with Crippen LogP contribution in [-0.4, -0.2) is 37.4 Å². The molecule has 0 bridgehead atoms. The highest BCUT2D eigenvalue weighted by Gasteiger charge is 2.21. The molecule has 2 aliphatic rings. The molecule has 11 heavy (non-hydrogen) atoms. The summed E-state index contributed by atoms with van der Waals surface area (Å²) in [5, 5.41) is 6.88. The van der Waals surface area contributed by atoms with Gasteiger partial charge < -0.3 is 0 Å². The van der Waals surface area contributed by atoms with Gasteiger partial charge in [0.15, 0.2) is 0 Å². The average molecular weight is 155 g/mol. The first-order chi connectivity index (χ1) is 5.47. The Morgan fingerprint density at radius 1 is 0.909 bits per heavy atom. The normalized spacial score (nSPS) is 29.5. The zero-order valence-corrected chi connectivity index (χ0v) is 6.97. The average Bonchev–Trinajstić information content (AvgIpc) is 2.58. The third-order valence-electron chi connectivity index (χ3n) is 2.56. The van der Waals surface area contributed by atoms with Crippen LogP contribution in [0.2, 0.25) is 0 Å². The maximum atomic E-state index is 3.44. The Labute approximate surface area is 68.1 Å². The molecule has 2 rings (SSSR count). The van der Waals surface area contributed by atoms with E-state index in [0.29, 0.717) is 6.29 Å². The van der Waals surface area contributed by atoms with E-state index in [1.54, 1.807) is 0 Å². The van der Waals surface area contributed by atoms with Crippen molar-refractivity contribution in [2.24, 2.45) is 0 Å². The molecule has 3 heteroatoms. The van der Waals surface area contributed by atoms with E-state index in [1.165, 1.54) is 32.4 Å². The van der Waals surface area contributed by atoms with Crippen LogP contribution < -0.4 is 10.6 Å². The van der Waals surface area contributed by atoms with Gasteiger partial charge in [-0.05, 0) is 12.8 Å². The van der Waals surface area contributed by atoms with Crippen LogP contribution in [0.15, 0.2) is 0 Å². The lowest BCUT2D eigenvalue weighted by Crippen LogP contribution is -2.50. The molecule has 2 fully saturated rings. The minimum Gasteiger partial charge on any atom is -0.288 e. The van der Waals surface area contributed by atoms with Gasteiger partial charge in [-0.1, -0.05) is 6.42 Å². The van der Waals surface area contributed by atoms with Crippen LogP contribution in [0.1, 0.15) is 19.3 Å². The summed E-state index contributed by atoms with van der Waals surface area (Å²) in [4.78, 5) is 2.51. The fourth-order valence-electron chi connectivity index (χ4n) is 1.92. The van der Waals surface area contributed by atoms with Crippen molar-refractivity contribution in [3.63, 3.8) is 0 Å². The Morgan fingerprint density at radius 3 is 2.18 bits per heavy atom. The summed E-state index contributed by atoms with van der Waals surface area (Å²) in [7, 11) is 0. The third-order valence-corrected chi connectivity index (χ3v) is 2.56. The zero-order valence-electron chi connectivity index (χ0n) is 6.97. The molecular formula is C8H17N3. The van der Waals surface area contributed by atoms with Crippen LogP contribution >= 0.6 is 0 Å². The minimum absolute atomic E-state index is 0.482. The molecule has 0 aromatic carbocycles. The van der Waals surface area contributed by atoms with Gasteiger partial charge in [-0.3, -0.25) is 15.5 Å². The van der Waals surface area contributed by atoms with E-state index in [2.05, 4.69) is 15.5 Å². The minimum atomic E-state index is 0.482. The van der Waals surface area contributed by atoms with Gasteiger partial charge in [0.05, 0.1) is 0 Å². The van der Waals surface area contributed by atoms with Gasteiger partial charge in [0.2, 0.25) is 0 Å². The number of nitrogens with one attached hydrogen (secondary N) is 2. The van der Waals surface area contributed by atoms with Crippen LogP contribution in [0.5, 0.6) is 0 Å². The molecule has 2 N–H and O–H groups in total. The second-order valence-corrected chi connectivity index (χ2v) is 3.41. The quantitative estimate of drug-likeness (QED) is 0.556. The van der Waals surface area contributed by atoms with E-state index in [9.17, 15) is 0 Å². The Bertz CT molecular complexity index is 115. The van der Waals surface area contributed by atoms with Crippen LogP contribution in [0.4, 0.5) is 0 Å². The molecule has 0 unspecified atom stereocenters. The van der Waals surface area contributed by atoms with Crippen molar-refractivity contribution in [2.75, 3.05) is 26.2 Å². The fraction of sp³-hybridized carbons (Fsp3) is 1.00. The molecule has 0 aromatic heterocycles. The number of hydrogen-bond acceptors (Lipinski definition) is 3. The Balaban J connectivity index is 1.82.